The molecule has 2 N–H and O–H groups in total. The SMILES string of the molecule is O=C(Nc1ccc(CN2CCCCCC2)cc1)C1CC12CCNCC2. The van der Waals surface area contributed by atoms with Crippen molar-refractivity contribution in [3.8, 4) is 0 Å². The number of carbonyl (C=O) groups is 1. The number of likely N-dealkylation sites (tertiary alicyclic amines) is 1. The van der Waals surface area contributed by atoms with Crippen LogP contribution in [0.1, 0.15) is 50.5 Å². The summed E-state index contributed by atoms with van der Waals surface area (Å²) in [6, 6.07) is 8.49. The monoisotopic (exact) mass is 341 g/mol. The van der Waals surface area contributed by atoms with Crippen molar-refractivity contribution in [1.29, 1.82) is 0 Å². The lowest BCUT2D eigenvalue weighted by Crippen LogP contribution is -2.31. The summed E-state index contributed by atoms with van der Waals surface area (Å²) in [5.74, 6) is 0.452. The fraction of sp³-hybridized carbons (Fsp3) is 0.667. The van der Waals surface area contributed by atoms with Crippen molar-refractivity contribution in [2.24, 2.45) is 11.3 Å². The summed E-state index contributed by atoms with van der Waals surface area (Å²) in [6.07, 6.45) is 8.78. The standard InChI is InChI=1S/C21H31N3O/c25-20(19-15-21(19)9-11-22-12-10-21)23-18-7-5-17(6-8-18)16-24-13-3-1-2-4-14-24/h5-8,19,22H,1-4,9-16H2,(H,23,25). The number of piperidine rings is 1. The summed E-state index contributed by atoms with van der Waals surface area (Å²) in [7, 11) is 0. The van der Waals surface area contributed by atoms with E-state index in [9.17, 15) is 4.79 Å². The lowest BCUT2D eigenvalue weighted by atomic mass is 9.92. The maximum Gasteiger partial charge on any atom is 0.228 e. The molecule has 4 rings (SSSR count). The first-order chi connectivity index (χ1) is 12.3. The Morgan fingerprint density at radius 2 is 1.76 bits per heavy atom. The molecule has 1 spiro atoms. The summed E-state index contributed by atoms with van der Waals surface area (Å²) in [5.41, 5.74) is 2.60. The Bertz CT molecular complexity index is 584. The molecule has 25 heavy (non-hydrogen) atoms. The molecule has 0 aromatic heterocycles. The molecule has 1 atom stereocenters. The fourth-order valence-corrected chi connectivity index (χ4v) is 4.67. The Kier molecular flexibility index (Phi) is 5.09. The van der Waals surface area contributed by atoms with E-state index in [1.54, 1.807) is 0 Å². The van der Waals surface area contributed by atoms with Gasteiger partial charge in [0.05, 0.1) is 0 Å². The Labute approximate surface area is 151 Å². The quantitative estimate of drug-likeness (QED) is 0.882. The van der Waals surface area contributed by atoms with Gasteiger partial charge in [0.25, 0.3) is 0 Å². The zero-order valence-corrected chi connectivity index (χ0v) is 15.2. The third-order valence-electron chi connectivity index (χ3n) is 6.43. The van der Waals surface area contributed by atoms with E-state index >= 15 is 0 Å². The van der Waals surface area contributed by atoms with Gasteiger partial charge in [-0.1, -0.05) is 25.0 Å². The van der Waals surface area contributed by atoms with E-state index in [2.05, 4.69) is 39.8 Å². The number of nitrogens with one attached hydrogen (secondary N) is 2. The van der Waals surface area contributed by atoms with Crippen molar-refractivity contribution < 1.29 is 4.79 Å². The largest absolute Gasteiger partial charge is 0.326 e. The molecule has 136 valence electrons. The van der Waals surface area contributed by atoms with Gasteiger partial charge in [0, 0.05) is 18.2 Å². The molecule has 1 aromatic carbocycles. The van der Waals surface area contributed by atoms with Crippen molar-refractivity contribution in [2.45, 2.75) is 51.5 Å². The van der Waals surface area contributed by atoms with Crippen molar-refractivity contribution in [3.05, 3.63) is 29.8 Å². The summed E-state index contributed by atoms with van der Waals surface area (Å²) in [6.45, 7) is 5.60. The second kappa shape index (κ2) is 7.46. The zero-order valence-electron chi connectivity index (χ0n) is 15.2. The third-order valence-corrected chi connectivity index (χ3v) is 6.43. The highest BCUT2D eigenvalue weighted by Crippen LogP contribution is 2.58. The fourth-order valence-electron chi connectivity index (χ4n) is 4.67. The molecule has 1 amide bonds. The average molecular weight is 341 g/mol. The number of amides is 1. The Morgan fingerprint density at radius 1 is 1.08 bits per heavy atom. The predicted molar refractivity (Wildman–Crippen MR) is 101 cm³/mol. The smallest absolute Gasteiger partial charge is 0.228 e. The van der Waals surface area contributed by atoms with Crippen LogP contribution in [0.25, 0.3) is 0 Å². The second-order valence-electron chi connectivity index (χ2n) is 8.25. The van der Waals surface area contributed by atoms with E-state index in [1.165, 1.54) is 44.3 Å². The van der Waals surface area contributed by atoms with Crippen LogP contribution in [-0.2, 0) is 11.3 Å². The van der Waals surface area contributed by atoms with Crippen molar-refractivity contribution in [1.82, 2.24) is 10.2 Å². The van der Waals surface area contributed by atoms with Crippen LogP contribution in [0.5, 0.6) is 0 Å². The number of benzene rings is 1. The molecule has 2 aliphatic heterocycles. The molecule has 2 saturated heterocycles. The van der Waals surface area contributed by atoms with Crippen LogP contribution < -0.4 is 10.6 Å². The number of anilines is 1. The molecule has 1 aliphatic carbocycles. The lowest BCUT2D eigenvalue weighted by Gasteiger charge is -2.23. The van der Waals surface area contributed by atoms with E-state index in [0.29, 0.717) is 5.41 Å². The number of nitrogens with zero attached hydrogens (tertiary/aromatic N) is 1. The highest BCUT2D eigenvalue weighted by Gasteiger charge is 2.57. The summed E-state index contributed by atoms with van der Waals surface area (Å²) in [5, 5.41) is 6.54. The van der Waals surface area contributed by atoms with Gasteiger partial charge in [-0.05, 0) is 81.4 Å². The van der Waals surface area contributed by atoms with Crippen molar-refractivity contribution in [3.63, 3.8) is 0 Å². The molecule has 0 bridgehead atoms. The van der Waals surface area contributed by atoms with Crippen molar-refractivity contribution >= 4 is 11.6 Å². The van der Waals surface area contributed by atoms with Crippen LogP contribution in [0.3, 0.4) is 0 Å². The first-order valence-electron chi connectivity index (χ1n) is 10.1. The summed E-state index contributed by atoms with van der Waals surface area (Å²) in [4.78, 5) is 15.1. The van der Waals surface area contributed by atoms with Crippen LogP contribution in [0.4, 0.5) is 5.69 Å². The molecule has 0 radical (unpaired) electrons. The molecule has 1 unspecified atom stereocenters. The number of hydrogen-bond acceptors (Lipinski definition) is 3. The number of hydrogen-bond donors (Lipinski definition) is 2. The minimum atomic E-state index is 0.224. The van der Waals surface area contributed by atoms with Gasteiger partial charge in [-0.3, -0.25) is 9.69 Å². The van der Waals surface area contributed by atoms with E-state index < -0.39 is 0 Å². The molecule has 2 heterocycles. The highest BCUT2D eigenvalue weighted by molar-refractivity contribution is 5.95. The van der Waals surface area contributed by atoms with Gasteiger partial charge < -0.3 is 10.6 Å². The van der Waals surface area contributed by atoms with Gasteiger partial charge in [0.15, 0.2) is 0 Å². The van der Waals surface area contributed by atoms with E-state index in [-0.39, 0.29) is 11.8 Å². The Morgan fingerprint density at radius 3 is 2.44 bits per heavy atom. The van der Waals surface area contributed by atoms with Gasteiger partial charge in [-0.15, -0.1) is 0 Å². The Balaban J connectivity index is 1.29. The number of rotatable bonds is 4. The molecule has 3 fully saturated rings. The second-order valence-corrected chi connectivity index (χ2v) is 8.25. The van der Waals surface area contributed by atoms with Crippen molar-refractivity contribution in [2.75, 3.05) is 31.5 Å². The van der Waals surface area contributed by atoms with Gasteiger partial charge >= 0.3 is 0 Å². The van der Waals surface area contributed by atoms with Gasteiger partial charge in [-0.25, -0.2) is 0 Å². The minimum Gasteiger partial charge on any atom is -0.326 e. The minimum absolute atomic E-state index is 0.224. The van der Waals surface area contributed by atoms with Gasteiger partial charge in [0.2, 0.25) is 5.91 Å². The Hall–Kier alpha value is -1.39. The molecule has 1 aromatic rings. The highest BCUT2D eigenvalue weighted by atomic mass is 16.2. The summed E-state index contributed by atoms with van der Waals surface area (Å²) >= 11 is 0. The first kappa shape index (κ1) is 17.0. The average Bonchev–Trinajstić information content (AvgIpc) is 3.38. The predicted octanol–water partition coefficient (Wildman–Crippen LogP) is 3.39. The summed E-state index contributed by atoms with van der Waals surface area (Å²) < 4.78 is 0. The van der Waals surface area contributed by atoms with Crippen LogP contribution in [0, 0.1) is 11.3 Å². The molecule has 4 nitrogen and oxygen atoms in total. The molecule has 1 saturated carbocycles. The van der Waals surface area contributed by atoms with E-state index in [1.807, 2.05) is 0 Å². The maximum absolute atomic E-state index is 12.5. The van der Waals surface area contributed by atoms with E-state index in [4.69, 9.17) is 0 Å². The van der Waals surface area contributed by atoms with Crippen LogP contribution in [0.2, 0.25) is 0 Å². The normalized spacial score (nSPS) is 26.2. The van der Waals surface area contributed by atoms with E-state index in [0.717, 1.165) is 44.6 Å². The van der Waals surface area contributed by atoms with Crippen LogP contribution in [0.15, 0.2) is 24.3 Å². The first-order valence-corrected chi connectivity index (χ1v) is 10.1. The molecule has 4 heteroatoms. The lowest BCUT2D eigenvalue weighted by molar-refractivity contribution is -0.118. The molecular weight excluding hydrogens is 310 g/mol. The van der Waals surface area contributed by atoms with Crippen LogP contribution in [-0.4, -0.2) is 37.0 Å². The van der Waals surface area contributed by atoms with Gasteiger partial charge in [-0.2, -0.15) is 0 Å². The third kappa shape index (κ3) is 4.06. The van der Waals surface area contributed by atoms with Gasteiger partial charge in [0.1, 0.15) is 0 Å². The molecule has 3 aliphatic rings. The van der Waals surface area contributed by atoms with Crippen LogP contribution >= 0.6 is 0 Å². The zero-order chi connectivity index (χ0) is 17.1. The molecular formula is C21H31N3O. The maximum atomic E-state index is 12.5. The number of carbonyl (C=O) groups excluding carboxylic acids is 1. The topological polar surface area (TPSA) is 44.4 Å².